The summed E-state index contributed by atoms with van der Waals surface area (Å²) in [7, 11) is 0. The van der Waals surface area contributed by atoms with Crippen LogP contribution in [0.25, 0.3) is 11.0 Å². The van der Waals surface area contributed by atoms with Crippen molar-refractivity contribution >= 4 is 16.9 Å². The number of ether oxygens (including phenoxy) is 2. The Hall–Kier alpha value is -2.54. The molecule has 0 radical (unpaired) electrons. The van der Waals surface area contributed by atoms with Crippen molar-refractivity contribution in [1.29, 1.82) is 0 Å². The van der Waals surface area contributed by atoms with Crippen LogP contribution in [0.15, 0.2) is 27.4 Å². The van der Waals surface area contributed by atoms with Crippen LogP contribution in [-0.4, -0.2) is 36.0 Å². The molecule has 0 spiro atoms. The van der Waals surface area contributed by atoms with E-state index in [1.54, 1.807) is 0 Å². The molecule has 7 nitrogen and oxygen atoms in total. The van der Waals surface area contributed by atoms with Gasteiger partial charge in [-0.15, -0.1) is 0 Å². The highest BCUT2D eigenvalue weighted by molar-refractivity contribution is 6.06. The van der Waals surface area contributed by atoms with Crippen LogP contribution < -0.4 is 10.4 Å². The maximum absolute atomic E-state index is 12.3. The molecule has 0 unspecified atom stereocenters. The number of hydrogen-bond donors (Lipinski definition) is 2. The lowest BCUT2D eigenvalue weighted by atomic mass is 10.1. The second-order valence-corrected chi connectivity index (χ2v) is 5.51. The van der Waals surface area contributed by atoms with Crippen LogP contribution in [0.3, 0.4) is 0 Å². The Kier molecular flexibility index (Phi) is 6.82. The fourth-order valence-corrected chi connectivity index (χ4v) is 2.29. The van der Waals surface area contributed by atoms with E-state index in [1.807, 2.05) is 6.92 Å². The maximum atomic E-state index is 12.3. The van der Waals surface area contributed by atoms with Crippen molar-refractivity contribution in [3.05, 3.63) is 34.2 Å². The molecule has 1 heterocycles. The Balaban J connectivity index is 2.36. The molecule has 136 valence electrons. The van der Waals surface area contributed by atoms with Crippen LogP contribution in [0.2, 0.25) is 0 Å². The molecule has 7 heteroatoms. The van der Waals surface area contributed by atoms with Gasteiger partial charge in [0.05, 0.1) is 24.2 Å². The Morgan fingerprint density at radius 1 is 1.20 bits per heavy atom. The quantitative estimate of drug-likeness (QED) is 0.407. The van der Waals surface area contributed by atoms with Gasteiger partial charge in [0.25, 0.3) is 0 Å². The van der Waals surface area contributed by atoms with Gasteiger partial charge in [-0.25, -0.2) is 9.59 Å². The number of fused-ring (bicyclic) bond motifs is 1. The molecule has 0 fully saturated rings. The SMILES string of the molecule is CCCCOc1c(O)c2c(C(=O)OCCCCO)cccc2oc1=O. The predicted octanol–water partition coefficient (Wildman–Crippen LogP) is 2.61. The highest BCUT2D eigenvalue weighted by Gasteiger charge is 2.21. The zero-order valence-electron chi connectivity index (χ0n) is 14.1. The standard InChI is InChI=1S/C18H22O7/c1-2-3-10-23-16-15(20)14-12(17(21)24-11-5-4-9-19)7-6-8-13(14)25-18(16)22/h6-8,19-20H,2-5,9-11H2,1H3. The molecule has 25 heavy (non-hydrogen) atoms. The summed E-state index contributed by atoms with van der Waals surface area (Å²) in [5.41, 5.74) is -0.632. The molecule has 2 N–H and O–H groups in total. The van der Waals surface area contributed by atoms with E-state index < -0.39 is 17.3 Å². The first kappa shape index (κ1) is 18.8. The second-order valence-electron chi connectivity index (χ2n) is 5.51. The minimum Gasteiger partial charge on any atom is -0.504 e. The molecule has 0 bridgehead atoms. The van der Waals surface area contributed by atoms with Crippen molar-refractivity contribution < 1.29 is 28.9 Å². The monoisotopic (exact) mass is 350 g/mol. The number of aromatic hydroxyl groups is 1. The van der Waals surface area contributed by atoms with E-state index in [-0.39, 0.29) is 42.1 Å². The second kappa shape index (κ2) is 9.08. The molecule has 0 aliphatic heterocycles. The van der Waals surface area contributed by atoms with Crippen LogP contribution in [0.1, 0.15) is 43.0 Å². The van der Waals surface area contributed by atoms with Crippen molar-refractivity contribution in [3.8, 4) is 11.5 Å². The van der Waals surface area contributed by atoms with Crippen molar-refractivity contribution in [2.75, 3.05) is 19.8 Å². The van der Waals surface area contributed by atoms with Gasteiger partial charge in [0.15, 0.2) is 5.75 Å². The van der Waals surface area contributed by atoms with Crippen molar-refractivity contribution in [3.63, 3.8) is 0 Å². The van der Waals surface area contributed by atoms with Gasteiger partial charge in [-0.3, -0.25) is 0 Å². The number of unbranched alkanes of at least 4 members (excludes halogenated alkanes) is 2. The Labute approximate surface area is 144 Å². The summed E-state index contributed by atoms with van der Waals surface area (Å²) in [4.78, 5) is 24.3. The summed E-state index contributed by atoms with van der Waals surface area (Å²) < 4.78 is 15.6. The zero-order valence-corrected chi connectivity index (χ0v) is 14.1. The lowest BCUT2D eigenvalue weighted by Gasteiger charge is -2.11. The topological polar surface area (TPSA) is 106 Å². The van der Waals surface area contributed by atoms with Crippen LogP contribution in [0.4, 0.5) is 0 Å². The summed E-state index contributed by atoms with van der Waals surface area (Å²) in [6.07, 6.45) is 2.63. The average molecular weight is 350 g/mol. The van der Waals surface area contributed by atoms with Crippen LogP contribution >= 0.6 is 0 Å². The lowest BCUT2D eigenvalue weighted by molar-refractivity contribution is 0.0494. The van der Waals surface area contributed by atoms with Gasteiger partial charge in [-0.1, -0.05) is 19.4 Å². The number of carbonyl (C=O) groups excluding carboxylic acids is 1. The Morgan fingerprint density at radius 2 is 2.00 bits per heavy atom. The largest absolute Gasteiger partial charge is 0.504 e. The third kappa shape index (κ3) is 4.51. The van der Waals surface area contributed by atoms with Crippen LogP contribution in [-0.2, 0) is 4.74 Å². The minimum absolute atomic E-state index is 0.0240. The number of aliphatic hydroxyl groups is 1. The zero-order chi connectivity index (χ0) is 18.2. The molecular weight excluding hydrogens is 328 g/mol. The number of carbonyl (C=O) groups is 1. The summed E-state index contributed by atoms with van der Waals surface area (Å²) in [5.74, 6) is -1.38. The smallest absolute Gasteiger partial charge is 0.383 e. The van der Waals surface area contributed by atoms with Gasteiger partial charge in [0, 0.05) is 6.61 Å². The number of benzene rings is 1. The van der Waals surface area contributed by atoms with Crippen molar-refractivity contribution in [2.24, 2.45) is 0 Å². The molecule has 2 aromatic rings. The van der Waals surface area contributed by atoms with E-state index in [1.165, 1.54) is 18.2 Å². The number of hydrogen-bond acceptors (Lipinski definition) is 7. The molecule has 0 atom stereocenters. The Morgan fingerprint density at radius 3 is 2.72 bits per heavy atom. The fraction of sp³-hybridized carbons (Fsp3) is 0.444. The van der Waals surface area contributed by atoms with Gasteiger partial charge >= 0.3 is 11.6 Å². The van der Waals surface area contributed by atoms with Gasteiger partial charge in [0.2, 0.25) is 5.75 Å². The van der Waals surface area contributed by atoms with E-state index in [9.17, 15) is 14.7 Å². The third-order valence-corrected chi connectivity index (χ3v) is 3.62. The molecular formula is C18H22O7. The molecule has 1 aromatic heterocycles. The average Bonchev–Trinajstić information content (AvgIpc) is 2.60. The molecule has 0 aliphatic rings. The summed E-state index contributed by atoms with van der Waals surface area (Å²) >= 11 is 0. The van der Waals surface area contributed by atoms with Crippen LogP contribution in [0.5, 0.6) is 11.5 Å². The normalized spacial score (nSPS) is 10.8. The van der Waals surface area contributed by atoms with E-state index in [0.717, 1.165) is 6.42 Å². The van der Waals surface area contributed by atoms with Gasteiger partial charge < -0.3 is 24.1 Å². The molecule has 0 amide bonds. The molecule has 2 rings (SSSR count). The highest BCUT2D eigenvalue weighted by atomic mass is 16.5. The van der Waals surface area contributed by atoms with Crippen molar-refractivity contribution in [1.82, 2.24) is 0 Å². The molecule has 1 aromatic carbocycles. The summed E-state index contributed by atoms with van der Waals surface area (Å²) in [6.45, 7) is 2.40. The number of aliphatic hydroxyl groups excluding tert-OH is 1. The molecule has 0 aliphatic carbocycles. The van der Waals surface area contributed by atoms with Gasteiger partial charge in [-0.2, -0.15) is 0 Å². The predicted molar refractivity (Wildman–Crippen MR) is 91.2 cm³/mol. The number of rotatable bonds is 9. The fourth-order valence-electron chi connectivity index (χ4n) is 2.29. The molecule has 0 saturated carbocycles. The minimum atomic E-state index is -0.797. The Bertz CT molecular complexity index is 779. The third-order valence-electron chi connectivity index (χ3n) is 3.62. The summed E-state index contributed by atoms with van der Waals surface area (Å²) in [6, 6.07) is 4.49. The first-order valence-electron chi connectivity index (χ1n) is 8.29. The van der Waals surface area contributed by atoms with Gasteiger partial charge in [-0.05, 0) is 31.4 Å². The highest BCUT2D eigenvalue weighted by Crippen LogP contribution is 2.34. The maximum Gasteiger partial charge on any atom is 0.383 e. The first-order chi connectivity index (χ1) is 12.1. The van der Waals surface area contributed by atoms with Crippen LogP contribution in [0, 0.1) is 0 Å². The van der Waals surface area contributed by atoms with Crippen molar-refractivity contribution in [2.45, 2.75) is 32.6 Å². The summed E-state index contributed by atoms with van der Waals surface area (Å²) in [5, 5.41) is 19.3. The van der Waals surface area contributed by atoms with E-state index in [0.29, 0.717) is 19.3 Å². The van der Waals surface area contributed by atoms with Gasteiger partial charge in [0.1, 0.15) is 5.58 Å². The first-order valence-corrected chi connectivity index (χ1v) is 8.29. The lowest BCUT2D eigenvalue weighted by Crippen LogP contribution is -2.11. The van der Waals surface area contributed by atoms with E-state index in [4.69, 9.17) is 19.0 Å². The molecule has 0 saturated heterocycles. The van der Waals surface area contributed by atoms with E-state index in [2.05, 4.69) is 0 Å². The van der Waals surface area contributed by atoms with E-state index >= 15 is 0 Å². The number of esters is 1.